The van der Waals surface area contributed by atoms with Crippen molar-refractivity contribution in [2.45, 2.75) is 26.7 Å². The average Bonchev–Trinajstić information content (AvgIpc) is 2.46. The average molecular weight is 276 g/mol. The molecular formula is C16H24N2O2. The molecule has 0 saturated carbocycles. The van der Waals surface area contributed by atoms with Crippen molar-refractivity contribution in [2.75, 3.05) is 27.3 Å². The highest BCUT2D eigenvalue weighted by Crippen LogP contribution is 2.27. The molecule has 4 nitrogen and oxygen atoms in total. The number of hydrogen-bond donors (Lipinski definition) is 1. The van der Waals surface area contributed by atoms with Gasteiger partial charge in [0.05, 0.1) is 25.7 Å². The van der Waals surface area contributed by atoms with Gasteiger partial charge < -0.3 is 14.8 Å². The molecule has 1 rings (SSSR count). The molecule has 0 aromatic heterocycles. The fourth-order valence-corrected chi connectivity index (χ4v) is 1.85. The Labute approximate surface area is 121 Å². The van der Waals surface area contributed by atoms with Crippen LogP contribution >= 0.6 is 0 Å². The van der Waals surface area contributed by atoms with E-state index >= 15 is 0 Å². The molecule has 0 heterocycles. The van der Waals surface area contributed by atoms with Crippen LogP contribution in [0.2, 0.25) is 0 Å². The Morgan fingerprint density at radius 3 is 2.45 bits per heavy atom. The van der Waals surface area contributed by atoms with Gasteiger partial charge in [-0.1, -0.05) is 6.07 Å². The van der Waals surface area contributed by atoms with Gasteiger partial charge in [-0.2, -0.15) is 5.26 Å². The van der Waals surface area contributed by atoms with Crippen molar-refractivity contribution in [3.05, 3.63) is 23.8 Å². The molecule has 0 atom stereocenters. The third-order valence-electron chi connectivity index (χ3n) is 3.27. The molecule has 20 heavy (non-hydrogen) atoms. The monoisotopic (exact) mass is 276 g/mol. The molecular weight excluding hydrogens is 252 g/mol. The third kappa shape index (κ3) is 5.10. The molecule has 110 valence electrons. The van der Waals surface area contributed by atoms with E-state index in [0.29, 0.717) is 0 Å². The summed E-state index contributed by atoms with van der Waals surface area (Å²) in [6.07, 6.45) is 1.78. The largest absolute Gasteiger partial charge is 0.493 e. The number of ether oxygens (including phenoxy) is 2. The highest BCUT2D eigenvalue weighted by molar-refractivity contribution is 5.42. The van der Waals surface area contributed by atoms with Gasteiger partial charge in [-0.25, -0.2) is 0 Å². The zero-order valence-corrected chi connectivity index (χ0v) is 12.8. The SMILES string of the molecule is COc1ccc(CCNCCC(C)(C)C#N)cc1OC. The van der Waals surface area contributed by atoms with E-state index < -0.39 is 0 Å². The van der Waals surface area contributed by atoms with E-state index in [1.807, 2.05) is 32.0 Å². The Morgan fingerprint density at radius 1 is 1.15 bits per heavy atom. The number of methoxy groups -OCH3 is 2. The molecule has 0 fully saturated rings. The first-order valence-electron chi connectivity index (χ1n) is 6.85. The Hall–Kier alpha value is -1.73. The molecule has 0 aliphatic carbocycles. The second-order valence-electron chi connectivity index (χ2n) is 5.44. The van der Waals surface area contributed by atoms with Crippen LogP contribution in [0.5, 0.6) is 11.5 Å². The van der Waals surface area contributed by atoms with Gasteiger partial charge in [-0.05, 0) is 57.5 Å². The number of benzene rings is 1. The van der Waals surface area contributed by atoms with Crippen LogP contribution < -0.4 is 14.8 Å². The lowest BCUT2D eigenvalue weighted by atomic mass is 9.91. The fourth-order valence-electron chi connectivity index (χ4n) is 1.85. The van der Waals surface area contributed by atoms with Crippen LogP contribution in [0.3, 0.4) is 0 Å². The Kier molecular flexibility index (Phi) is 6.33. The van der Waals surface area contributed by atoms with Crippen LogP contribution in [0, 0.1) is 16.7 Å². The van der Waals surface area contributed by atoms with E-state index in [1.54, 1.807) is 14.2 Å². The maximum Gasteiger partial charge on any atom is 0.160 e. The molecule has 0 spiro atoms. The molecule has 4 heteroatoms. The first-order valence-corrected chi connectivity index (χ1v) is 6.85. The second kappa shape index (κ2) is 7.76. The van der Waals surface area contributed by atoms with Gasteiger partial charge in [0.1, 0.15) is 0 Å². The van der Waals surface area contributed by atoms with Gasteiger partial charge in [0, 0.05) is 0 Å². The quantitative estimate of drug-likeness (QED) is 0.742. The smallest absolute Gasteiger partial charge is 0.160 e. The minimum atomic E-state index is -0.254. The lowest BCUT2D eigenvalue weighted by Crippen LogP contribution is -2.23. The number of nitriles is 1. The minimum Gasteiger partial charge on any atom is -0.493 e. The van der Waals surface area contributed by atoms with Crippen molar-refractivity contribution < 1.29 is 9.47 Å². The minimum absolute atomic E-state index is 0.254. The summed E-state index contributed by atoms with van der Waals surface area (Å²) >= 11 is 0. The lowest BCUT2D eigenvalue weighted by molar-refractivity contribution is 0.354. The fraction of sp³-hybridized carbons (Fsp3) is 0.562. The maximum absolute atomic E-state index is 8.93. The molecule has 1 N–H and O–H groups in total. The summed E-state index contributed by atoms with van der Waals surface area (Å²) in [4.78, 5) is 0. The first kappa shape index (κ1) is 16.3. The summed E-state index contributed by atoms with van der Waals surface area (Å²) in [5, 5.41) is 12.3. The van der Waals surface area contributed by atoms with Gasteiger partial charge >= 0.3 is 0 Å². The van der Waals surface area contributed by atoms with E-state index in [2.05, 4.69) is 11.4 Å². The Balaban J connectivity index is 2.38. The van der Waals surface area contributed by atoms with Gasteiger partial charge in [0.15, 0.2) is 11.5 Å². The third-order valence-corrected chi connectivity index (χ3v) is 3.27. The van der Waals surface area contributed by atoms with Crippen LogP contribution in [0.25, 0.3) is 0 Å². The molecule has 0 bridgehead atoms. The standard InChI is InChI=1S/C16H24N2O2/c1-16(2,12-17)8-10-18-9-7-13-5-6-14(19-3)15(11-13)20-4/h5-6,11,18H,7-10H2,1-4H3. The second-order valence-corrected chi connectivity index (χ2v) is 5.44. The van der Waals surface area contributed by atoms with Crippen molar-refractivity contribution in [2.24, 2.45) is 5.41 Å². The maximum atomic E-state index is 8.93. The number of nitrogens with one attached hydrogen (secondary N) is 1. The van der Waals surface area contributed by atoms with Crippen molar-refractivity contribution in [3.8, 4) is 17.6 Å². The molecule has 0 saturated heterocycles. The van der Waals surface area contributed by atoms with Crippen molar-refractivity contribution in [3.63, 3.8) is 0 Å². The molecule has 1 aromatic carbocycles. The summed E-state index contributed by atoms with van der Waals surface area (Å²) in [6.45, 7) is 5.66. The molecule has 1 aromatic rings. The Morgan fingerprint density at radius 2 is 1.85 bits per heavy atom. The summed E-state index contributed by atoms with van der Waals surface area (Å²) in [7, 11) is 3.28. The van der Waals surface area contributed by atoms with Crippen molar-refractivity contribution in [1.29, 1.82) is 5.26 Å². The van der Waals surface area contributed by atoms with Crippen LogP contribution in [0.15, 0.2) is 18.2 Å². The zero-order valence-electron chi connectivity index (χ0n) is 12.8. The summed E-state index contributed by atoms with van der Waals surface area (Å²) in [5.41, 5.74) is 0.950. The molecule has 0 unspecified atom stereocenters. The topological polar surface area (TPSA) is 54.3 Å². The normalized spacial score (nSPS) is 10.9. The first-order chi connectivity index (χ1) is 9.52. The van der Waals surface area contributed by atoms with Gasteiger partial charge in [-0.3, -0.25) is 0 Å². The van der Waals surface area contributed by atoms with E-state index in [4.69, 9.17) is 14.7 Å². The molecule has 0 aliphatic heterocycles. The van der Waals surface area contributed by atoms with Crippen LogP contribution in [-0.4, -0.2) is 27.3 Å². The van der Waals surface area contributed by atoms with Crippen LogP contribution in [-0.2, 0) is 6.42 Å². The summed E-state index contributed by atoms with van der Waals surface area (Å²) < 4.78 is 10.5. The van der Waals surface area contributed by atoms with Crippen molar-refractivity contribution >= 4 is 0 Å². The number of nitrogens with zero attached hydrogens (tertiary/aromatic N) is 1. The van der Waals surface area contributed by atoms with E-state index in [0.717, 1.165) is 37.4 Å². The predicted octanol–water partition coefficient (Wildman–Crippen LogP) is 2.78. The molecule has 0 aliphatic rings. The number of hydrogen-bond acceptors (Lipinski definition) is 4. The summed E-state index contributed by atoms with van der Waals surface area (Å²) in [6, 6.07) is 8.27. The number of rotatable bonds is 8. The van der Waals surface area contributed by atoms with Gasteiger partial charge in [0.25, 0.3) is 0 Å². The highest BCUT2D eigenvalue weighted by atomic mass is 16.5. The van der Waals surface area contributed by atoms with E-state index in [1.165, 1.54) is 5.56 Å². The van der Waals surface area contributed by atoms with Gasteiger partial charge in [-0.15, -0.1) is 0 Å². The predicted molar refractivity (Wildman–Crippen MR) is 80.1 cm³/mol. The molecule has 0 amide bonds. The van der Waals surface area contributed by atoms with E-state index in [9.17, 15) is 0 Å². The van der Waals surface area contributed by atoms with Crippen LogP contribution in [0.4, 0.5) is 0 Å². The lowest BCUT2D eigenvalue weighted by Gasteiger charge is -2.15. The van der Waals surface area contributed by atoms with Gasteiger partial charge in [0.2, 0.25) is 0 Å². The zero-order chi connectivity index (χ0) is 15.0. The summed E-state index contributed by atoms with van der Waals surface area (Å²) in [5.74, 6) is 1.51. The molecule has 0 radical (unpaired) electrons. The van der Waals surface area contributed by atoms with E-state index in [-0.39, 0.29) is 5.41 Å². The Bertz CT molecular complexity index is 464. The van der Waals surface area contributed by atoms with Crippen molar-refractivity contribution in [1.82, 2.24) is 5.32 Å². The van der Waals surface area contributed by atoms with Crippen LogP contribution in [0.1, 0.15) is 25.8 Å². The highest BCUT2D eigenvalue weighted by Gasteiger charge is 2.15.